The molecule has 0 amide bonds. The Labute approximate surface area is 278 Å². The molecular weight excluding hydrogens is 657 g/mol. The molecule has 0 aliphatic carbocycles. The molecule has 0 N–H and O–H groups in total. The smallest absolute Gasteiger partial charge is 0.338 e. The van der Waals surface area contributed by atoms with Crippen LogP contribution in [-0.4, -0.2) is 41.1 Å². The highest BCUT2D eigenvalue weighted by Crippen LogP contribution is 2.32. The Balaban J connectivity index is 1.52. The van der Waals surface area contributed by atoms with Gasteiger partial charge >= 0.3 is 5.97 Å². The number of carbonyl (C=O) groups is 1. The summed E-state index contributed by atoms with van der Waals surface area (Å²) in [6.45, 7) is 7.47. The van der Waals surface area contributed by atoms with Crippen molar-refractivity contribution in [1.82, 2.24) is 8.54 Å². The van der Waals surface area contributed by atoms with Crippen molar-refractivity contribution in [1.29, 1.82) is 0 Å². The van der Waals surface area contributed by atoms with Crippen LogP contribution in [0.15, 0.2) is 118 Å². The average molecular weight is 685 g/mol. The molecule has 244 valence electrons. The lowest BCUT2D eigenvalue weighted by atomic mass is 9.96. The van der Waals surface area contributed by atoms with Crippen LogP contribution in [0.5, 0.6) is 5.75 Å². The topological polar surface area (TPSA) is 152 Å². The zero-order valence-corrected chi connectivity index (χ0v) is 27.4. The minimum Gasteiger partial charge on any atom is -0.490 e. The SMILES string of the molecule is C=CCOc1ccc([C@H]2C(C(=O)OCC)=C(C)N=c3s/c(=C\c4cn(S(=O)(=O)c5cccc([N+](=O)[O-])c5)c5ccccc45)c(=O)n32)cc1. The summed E-state index contributed by atoms with van der Waals surface area (Å²) >= 11 is 1.10. The number of allylic oxidation sites excluding steroid dienone is 1. The summed E-state index contributed by atoms with van der Waals surface area (Å²) in [7, 11) is -4.27. The molecule has 48 heavy (non-hydrogen) atoms. The molecule has 0 radical (unpaired) electrons. The number of esters is 1. The van der Waals surface area contributed by atoms with Crippen LogP contribution in [0, 0.1) is 10.1 Å². The second-order valence-corrected chi connectivity index (χ2v) is 13.5. The molecule has 0 saturated heterocycles. The largest absolute Gasteiger partial charge is 0.490 e. The lowest BCUT2D eigenvalue weighted by molar-refractivity contribution is -0.385. The third kappa shape index (κ3) is 5.75. The van der Waals surface area contributed by atoms with Crippen molar-refractivity contribution in [3.05, 3.63) is 144 Å². The Kier molecular flexibility index (Phi) is 8.69. The first-order chi connectivity index (χ1) is 23.0. The fourth-order valence-corrected chi connectivity index (χ4v) is 7.97. The summed E-state index contributed by atoms with van der Waals surface area (Å²) in [5.41, 5.74) is 1.19. The molecule has 0 unspecified atom stereocenters. The van der Waals surface area contributed by atoms with Gasteiger partial charge in [-0.3, -0.25) is 19.5 Å². The first kappa shape index (κ1) is 32.3. The molecular formula is C34H28N4O8S2. The summed E-state index contributed by atoms with van der Waals surface area (Å²) in [5.74, 6) is -0.0136. The fourth-order valence-electron chi connectivity index (χ4n) is 5.51. The number of ether oxygens (including phenoxy) is 2. The highest BCUT2D eigenvalue weighted by atomic mass is 32.2. The van der Waals surface area contributed by atoms with Crippen LogP contribution >= 0.6 is 11.3 Å². The van der Waals surface area contributed by atoms with Crippen LogP contribution < -0.4 is 19.6 Å². The van der Waals surface area contributed by atoms with E-state index in [9.17, 15) is 28.1 Å². The van der Waals surface area contributed by atoms with Crippen LogP contribution in [0.2, 0.25) is 0 Å². The maximum absolute atomic E-state index is 14.2. The standard InChI is InChI=1S/C34H28N4O8S2/c1-4-17-46-25-15-13-22(14-16-25)31-30(33(40)45-5-2)21(3)35-34-37(31)32(39)29(47-34)18-23-20-36(28-12-7-6-11-27(23)28)48(43,44)26-10-8-9-24(19-26)38(41)42/h4,6-16,18-20,31H,1,5,17H2,2-3H3/b29-18-/t31-/m0/s1. The lowest BCUT2D eigenvalue weighted by Gasteiger charge is -2.24. The van der Waals surface area contributed by atoms with Crippen LogP contribution in [0.1, 0.15) is 31.0 Å². The van der Waals surface area contributed by atoms with Crippen molar-refractivity contribution < 1.29 is 27.6 Å². The van der Waals surface area contributed by atoms with Crippen LogP contribution in [0.3, 0.4) is 0 Å². The van der Waals surface area contributed by atoms with Gasteiger partial charge < -0.3 is 9.47 Å². The number of nitrogens with zero attached hydrogens (tertiary/aromatic N) is 4. The zero-order chi connectivity index (χ0) is 34.2. The van der Waals surface area contributed by atoms with Crippen LogP contribution in [0.4, 0.5) is 5.69 Å². The van der Waals surface area contributed by atoms with Crippen LogP contribution in [0.25, 0.3) is 17.0 Å². The van der Waals surface area contributed by atoms with Gasteiger partial charge in [0, 0.05) is 29.3 Å². The van der Waals surface area contributed by atoms with E-state index in [0.717, 1.165) is 21.4 Å². The maximum Gasteiger partial charge on any atom is 0.338 e. The van der Waals surface area contributed by atoms with E-state index < -0.39 is 32.5 Å². The van der Waals surface area contributed by atoms with Gasteiger partial charge in [-0.2, -0.15) is 0 Å². The number of benzene rings is 3. The van der Waals surface area contributed by atoms with E-state index >= 15 is 0 Å². The number of hydrogen-bond donors (Lipinski definition) is 0. The van der Waals surface area contributed by atoms with Crippen molar-refractivity contribution in [3.8, 4) is 5.75 Å². The van der Waals surface area contributed by atoms with Gasteiger partial charge in [0.05, 0.1) is 43.8 Å². The summed E-state index contributed by atoms with van der Waals surface area (Å²) in [5, 5.41) is 11.9. The zero-order valence-electron chi connectivity index (χ0n) is 25.7. The monoisotopic (exact) mass is 684 g/mol. The molecule has 12 nitrogen and oxygen atoms in total. The molecule has 0 fully saturated rings. The van der Waals surface area contributed by atoms with Gasteiger partial charge in [0.15, 0.2) is 4.80 Å². The van der Waals surface area contributed by atoms with Gasteiger partial charge in [-0.25, -0.2) is 22.2 Å². The molecule has 3 heterocycles. The molecule has 1 aliphatic rings. The van der Waals surface area contributed by atoms with Crippen molar-refractivity contribution >= 4 is 50.0 Å². The molecule has 1 atom stereocenters. The number of para-hydroxylation sites is 1. The number of fused-ring (bicyclic) bond motifs is 2. The van der Waals surface area contributed by atoms with Crippen LogP contribution in [-0.2, 0) is 19.6 Å². The van der Waals surface area contributed by atoms with Crippen molar-refractivity contribution in [2.75, 3.05) is 13.2 Å². The predicted molar refractivity (Wildman–Crippen MR) is 180 cm³/mol. The first-order valence-electron chi connectivity index (χ1n) is 14.7. The number of non-ortho nitro benzene ring substituents is 1. The minimum absolute atomic E-state index is 0.129. The quantitative estimate of drug-likeness (QED) is 0.0905. The molecule has 3 aromatic carbocycles. The summed E-state index contributed by atoms with van der Waals surface area (Å²) in [4.78, 5) is 42.8. The Morgan fingerprint density at radius 2 is 1.88 bits per heavy atom. The number of carbonyl (C=O) groups excluding carboxylic acids is 1. The molecule has 2 aromatic heterocycles. The number of nitro benzene ring substituents is 1. The summed E-state index contributed by atoms with van der Waals surface area (Å²) < 4.78 is 41.3. The number of thiazole rings is 1. The van der Waals surface area contributed by atoms with Gasteiger partial charge in [-0.15, -0.1) is 0 Å². The van der Waals surface area contributed by atoms with E-state index in [4.69, 9.17) is 9.47 Å². The third-order valence-electron chi connectivity index (χ3n) is 7.66. The molecule has 5 aromatic rings. The molecule has 0 bridgehead atoms. The van der Waals surface area contributed by atoms with E-state index in [1.54, 1.807) is 74.5 Å². The maximum atomic E-state index is 14.2. The van der Waals surface area contributed by atoms with E-state index in [2.05, 4.69) is 11.6 Å². The van der Waals surface area contributed by atoms with Gasteiger partial charge in [0.1, 0.15) is 12.4 Å². The van der Waals surface area contributed by atoms with E-state index in [0.29, 0.717) is 44.9 Å². The number of nitro groups is 1. The average Bonchev–Trinajstić information content (AvgIpc) is 3.60. The number of aromatic nitrogens is 2. The molecule has 0 spiro atoms. The normalized spacial score (nSPS) is 14.8. The van der Waals surface area contributed by atoms with Crippen molar-refractivity contribution in [3.63, 3.8) is 0 Å². The van der Waals surface area contributed by atoms with E-state index in [-0.39, 0.29) is 27.3 Å². The van der Waals surface area contributed by atoms with Gasteiger partial charge in [0.25, 0.3) is 21.3 Å². The highest BCUT2D eigenvalue weighted by Gasteiger charge is 2.33. The first-order valence-corrected chi connectivity index (χ1v) is 16.9. The second-order valence-electron chi connectivity index (χ2n) is 10.6. The molecule has 1 aliphatic heterocycles. The summed E-state index contributed by atoms with van der Waals surface area (Å²) in [6, 6.07) is 17.7. The molecule has 6 rings (SSSR count). The Morgan fingerprint density at radius 3 is 2.58 bits per heavy atom. The Bertz CT molecular complexity index is 2440. The molecule has 0 saturated carbocycles. The van der Waals surface area contributed by atoms with Gasteiger partial charge in [-0.05, 0) is 49.8 Å². The highest BCUT2D eigenvalue weighted by molar-refractivity contribution is 7.90. The Morgan fingerprint density at radius 1 is 1.12 bits per heavy atom. The van der Waals surface area contributed by atoms with Crippen molar-refractivity contribution in [2.45, 2.75) is 24.8 Å². The van der Waals surface area contributed by atoms with E-state index in [1.165, 1.54) is 29.0 Å². The van der Waals surface area contributed by atoms with E-state index in [1.807, 2.05) is 0 Å². The lowest BCUT2D eigenvalue weighted by Crippen LogP contribution is -2.39. The second kappa shape index (κ2) is 12.9. The van der Waals surface area contributed by atoms with Gasteiger partial charge in [0.2, 0.25) is 0 Å². The number of hydrogen-bond acceptors (Lipinski definition) is 10. The summed E-state index contributed by atoms with van der Waals surface area (Å²) in [6.07, 6.45) is 4.58. The number of rotatable bonds is 10. The van der Waals surface area contributed by atoms with Crippen molar-refractivity contribution in [2.24, 2.45) is 4.99 Å². The Hall–Kier alpha value is -5.60. The third-order valence-corrected chi connectivity index (χ3v) is 10.3. The van der Waals surface area contributed by atoms with Gasteiger partial charge in [-0.1, -0.05) is 60.4 Å². The molecule has 14 heteroatoms. The minimum atomic E-state index is -4.27. The fraction of sp³-hybridized carbons (Fsp3) is 0.147. The predicted octanol–water partition coefficient (Wildman–Crippen LogP) is 4.46.